The highest BCUT2D eigenvalue weighted by Gasteiger charge is 2.28. The summed E-state index contributed by atoms with van der Waals surface area (Å²) in [4.78, 5) is 27.9. The van der Waals surface area contributed by atoms with E-state index in [4.69, 9.17) is 11.6 Å². The second-order valence-electron chi connectivity index (χ2n) is 8.33. The van der Waals surface area contributed by atoms with Crippen molar-refractivity contribution in [1.29, 1.82) is 0 Å². The molecule has 0 spiro atoms. The molecule has 0 bridgehead atoms. The molecule has 0 unspecified atom stereocenters. The number of nitrogens with one attached hydrogen (secondary N) is 1. The molecule has 2 amide bonds. The number of hydrogen-bond donors (Lipinski definition) is 1. The molecule has 1 aliphatic rings. The number of amides is 2. The van der Waals surface area contributed by atoms with Crippen molar-refractivity contribution in [3.05, 3.63) is 70.2 Å². The molecule has 0 aromatic heterocycles. The van der Waals surface area contributed by atoms with Crippen LogP contribution in [0.4, 0.5) is 0 Å². The van der Waals surface area contributed by atoms with Crippen LogP contribution in [-0.4, -0.2) is 28.8 Å². The monoisotopic (exact) mass is 426 g/mol. The Morgan fingerprint density at radius 1 is 1.00 bits per heavy atom. The Balaban J connectivity index is 1.74. The van der Waals surface area contributed by atoms with Crippen molar-refractivity contribution in [2.45, 2.75) is 71.0 Å². The number of carbonyl (C=O) groups is 2. The van der Waals surface area contributed by atoms with E-state index in [2.05, 4.69) is 5.32 Å². The van der Waals surface area contributed by atoms with Crippen LogP contribution in [0, 0.1) is 6.92 Å². The van der Waals surface area contributed by atoms with Gasteiger partial charge < -0.3 is 10.2 Å². The Morgan fingerprint density at radius 2 is 1.60 bits per heavy atom. The fourth-order valence-corrected chi connectivity index (χ4v) is 4.05. The van der Waals surface area contributed by atoms with Crippen LogP contribution in [0.2, 0.25) is 5.02 Å². The van der Waals surface area contributed by atoms with Gasteiger partial charge in [-0.25, -0.2) is 0 Å². The van der Waals surface area contributed by atoms with Gasteiger partial charge in [-0.2, -0.15) is 0 Å². The average Bonchev–Trinajstić information content (AvgIpc) is 2.75. The summed E-state index contributed by atoms with van der Waals surface area (Å²) in [6, 6.07) is 15.1. The predicted octanol–water partition coefficient (Wildman–Crippen LogP) is 5.06. The molecule has 1 saturated carbocycles. The van der Waals surface area contributed by atoms with Gasteiger partial charge in [0.2, 0.25) is 11.8 Å². The fourth-order valence-electron chi connectivity index (χ4n) is 3.92. The lowest BCUT2D eigenvalue weighted by Crippen LogP contribution is -2.50. The molecule has 2 aromatic rings. The third-order valence-corrected chi connectivity index (χ3v) is 6.11. The highest BCUT2D eigenvalue weighted by Crippen LogP contribution is 2.19. The highest BCUT2D eigenvalue weighted by molar-refractivity contribution is 6.30. The minimum Gasteiger partial charge on any atom is -0.352 e. The van der Waals surface area contributed by atoms with Gasteiger partial charge in [0.15, 0.2) is 0 Å². The molecule has 5 heteroatoms. The zero-order valence-electron chi connectivity index (χ0n) is 17.9. The van der Waals surface area contributed by atoms with Crippen molar-refractivity contribution < 1.29 is 9.59 Å². The standard InChI is InChI=1S/C25H31ClN2O2/c1-18-8-10-20(11-9-18)16-24(29)28(17-21-12-14-22(26)15-13-21)19(2)25(30)27-23-6-4-3-5-7-23/h8-15,19,23H,3-7,16-17H2,1-2H3,(H,27,30)/t19-/m0/s1. The van der Waals surface area contributed by atoms with Crippen molar-refractivity contribution in [3.8, 4) is 0 Å². The number of carbonyl (C=O) groups excluding carboxylic acids is 2. The zero-order chi connectivity index (χ0) is 21.5. The summed E-state index contributed by atoms with van der Waals surface area (Å²) in [6.45, 7) is 4.22. The first-order chi connectivity index (χ1) is 14.4. The van der Waals surface area contributed by atoms with Crippen molar-refractivity contribution in [1.82, 2.24) is 10.2 Å². The molecule has 0 saturated heterocycles. The lowest BCUT2D eigenvalue weighted by molar-refractivity contribution is -0.140. The number of rotatable bonds is 7. The van der Waals surface area contributed by atoms with Gasteiger partial charge >= 0.3 is 0 Å². The number of aryl methyl sites for hydroxylation is 1. The Kier molecular flexibility index (Phi) is 7.92. The minimum atomic E-state index is -0.541. The number of hydrogen-bond acceptors (Lipinski definition) is 2. The van der Waals surface area contributed by atoms with E-state index in [-0.39, 0.29) is 24.3 Å². The molecule has 4 nitrogen and oxygen atoms in total. The van der Waals surface area contributed by atoms with Crippen molar-refractivity contribution in [2.24, 2.45) is 0 Å². The van der Waals surface area contributed by atoms with Crippen LogP contribution in [0.15, 0.2) is 48.5 Å². The molecule has 0 radical (unpaired) electrons. The normalized spacial score (nSPS) is 15.4. The average molecular weight is 427 g/mol. The molecule has 30 heavy (non-hydrogen) atoms. The number of nitrogens with zero attached hydrogens (tertiary/aromatic N) is 1. The molecular formula is C25H31ClN2O2. The minimum absolute atomic E-state index is 0.0555. The van der Waals surface area contributed by atoms with E-state index < -0.39 is 6.04 Å². The Labute approximate surface area is 184 Å². The van der Waals surface area contributed by atoms with Crippen molar-refractivity contribution >= 4 is 23.4 Å². The van der Waals surface area contributed by atoms with E-state index >= 15 is 0 Å². The molecule has 1 fully saturated rings. The summed E-state index contributed by atoms with van der Waals surface area (Å²) < 4.78 is 0. The lowest BCUT2D eigenvalue weighted by Gasteiger charge is -2.31. The summed E-state index contributed by atoms with van der Waals surface area (Å²) in [5, 5.41) is 3.82. The molecule has 0 aliphatic heterocycles. The molecular weight excluding hydrogens is 396 g/mol. The Morgan fingerprint density at radius 3 is 2.23 bits per heavy atom. The molecule has 1 N–H and O–H groups in total. The summed E-state index contributed by atoms with van der Waals surface area (Å²) in [6.07, 6.45) is 5.86. The van der Waals surface area contributed by atoms with Crippen LogP contribution in [0.25, 0.3) is 0 Å². The van der Waals surface area contributed by atoms with E-state index in [0.29, 0.717) is 11.6 Å². The Bertz CT molecular complexity index is 842. The Hall–Kier alpha value is -2.33. The third-order valence-electron chi connectivity index (χ3n) is 5.86. The molecule has 1 atom stereocenters. The second kappa shape index (κ2) is 10.6. The van der Waals surface area contributed by atoms with Crippen molar-refractivity contribution in [3.63, 3.8) is 0 Å². The molecule has 0 heterocycles. The molecule has 1 aliphatic carbocycles. The van der Waals surface area contributed by atoms with Gasteiger partial charge in [-0.3, -0.25) is 9.59 Å². The predicted molar refractivity (Wildman–Crippen MR) is 121 cm³/mol. The highest BCUT2D eigenvalue weighted by atomic mass is 35.5. The summed E-state index contributed by atoms with van der Waals surface area (Å²) in [5.74, 6) is -0.131. The van der Waals surface area contributed by atoms with Crippen LogP contribution in [0.5, 0.6) is 0 Å². The van der Waals surface area contributed by atoms with Gasteiger partial charge in [0, 0.05) is 17.6 Å². The van der Waals surface area contributed by atoms with Crippen LogP contribution in [0.1, 0.15) is 55.7 Å². The quantitative estimate of drug-likeness (QED) is 0.672. The van der Waals surface area contributed by atoms with Crippen LogP contribution in [-0.2, 0) is 22.6 Å². The zero-order valence-corrected chi connectivity index (χ0v) is 18.6. The van der Waals surface area contributed by atoms with Crippen LogP contribution in [0.3, 0.4) is 0 Å². The van der Waals surface area contributed by atoms with Crippen LogP contribution < -0.4 is 5.32 Å². The smallest absolute Gasteiger partial charge is 0.242 e. The molecule has 160 valence electrons. The van der Waals surface area contributed by atoms with Crippen molar-refractivity contribution in [2.75, 3.05) is 0 Å². The van der Waals surface area contributed by atoms with Gasteiger partial charge in [-0.15, -0.1) is 0 Å². The second-order valence-corrected chi connectivity index (χ2v) is 8.77. The van der Waals surface area contributed by atoms with Gasteiger partial charge in [0.1, 0.15) is 6.04 Å². The number of halogens is 1. The maximum atomic E-state index is 13.2. The summed E-state index contributed by atoms with van der Waals surface area (Å²) >= 11 is 6.01. The first kappa shape index (κ1) is 22.4. The summed E-state index contributed by atoms with van der Waals surface area (Å²) in [5.41, 5.74) is 3.06. The van der Waals surface area contributed by atoms with Gasteiger partial charge in [0.25, 0.3) is 0 Å². The molecule has 3 rings (SSSR count). The van der Waals surface area contributed by atoms with E-state index in [9.17, 15) is 9.59 Å². The topological polar surface area (TPSA) is 49.4 Å². The lowest BCUT2D eigenvalue weighted by atomic mass is 9.95. The fraction of sp³-hybridized carbons (Fsp3) is 0.440. The summed E-state index contributed by atoms with van der Waals surface area (Å²) in [7, 11) is 0. The SMILES string of the molecule is Cc1ccc(CC(=O)N(Cc2ccc(Cl)cc2)[C@@H](C)C(=O)NC2CCCCC2)cc1. The van der Waals surface area contributed by atoms with E-state index in [1.165, 1.54) is 6.42 Å². The maximum Gasteiger partial charge on any atom is 0.242 e. The van der Waals surface area contributed by atoms with Gasteiger partial charge in [0.05, 0.1) is 6.42 Å². The first-order valence-electron chi connectivity index (χ1n) is 10.8. The number of benzene rings is 2. The maximum absolute atomic E-state index is 13.2. The van der Waals surface area contributed by atoms with E-state index in [1.54, 1.807) is 4.90 Å². The third kappa shape index (κ3) is 6.33. The van der Waals surface area contributed by atoms with Crippen LogP contribution >= 0.6 is 11.6 Å². The van der Waals surface area contributed by atoms with E-state index in [1.807, 2.05) is 62.4 Å². The van der Waals surface area contributed by atoms with Gasteiger partial charge in [-0.1, -0.05) is 72.8 Å². The van der Waals surface area contributed by atoms with Gasteiger partial charge in [-0.05, 0) is 49.9 Å². The largest absolute Gasteiger partial charge is 0.352 e. The first-order valence-corrected chi connectivity index (χ1v) is 11.2. The van der Waals surface area contributed by atoms with E-state index in [0.717, 1.165) is 42.4 Å². The molecule has 2 aromatic carbocycles.